The van der Waals surface area contributed by atoms with E-state index in [1.165, 1.54) is 24.1 Å². The summed E-state index contributed by atoms with van der Waals surface area (Å²) >= 11 is 13.2. The number of methoxy groups -OCH3 is 1. The Balaban J connectivity index is 1.84. The van der Waals surface area contributed by atoms with Crippen LogP contribution in [0.5, 0.6) is 5.75 Å². The summed E-state index contributed by atoms with van der Waals surface area (Å²) in [5, 5.41) is 3.59. The van der Waals surface area contributed by atoms with Crippen molar-refractivity contribution in [3.63, 3.8) is 0 Å². The van der Waals surface area contributed by atoms with E-state index in [0.717, 1.165) is 15.4 Å². The second-order valence-corrected chi connectivity index (χ2v) is 14.3. The number of ether oxygens (including phenoxy) is 1. The van der Waals surface area contributed by atoms with Crippen LogP contribution in [0.25, 0.3) is 0 Å². The van der Waals surface area contributed by atoms with Crippen LogP contribution in [0.15, 0.2) is 102 Å². The maximum Gasteiger partial charge on any atom is 0.264 e. The molecule has 8 nitrogen and oxygen atoms in total. The molecule has 1 atom stereocenters. The van der Waals surface area contributed by atoms with Gasteiger partial charge in [0.25, 0.3) is 10.0 Å². The molecule has 0 aliphatic carbocycles. The topological polar surface area (TPSA) is 96.0 Å². The summed E-state index contributed by atoms with van der Waals surface area (Å²) in [6.07, 6.45) is 0.169. The van der Waals surface area contributed by atoms with Crippen molar-refractivity contribution in [3.8, 4) is 5.75 Å². The minimum atomic E-state index is -4.26. The maximum absolute atomic E-state index is 14.6. The fourth-order valence-electron chi connectivity index (χ4n) is 4.96. The lowest BCUT2D eigenvalue weighted by Gasteiger charge is -2.34. The number of amides is 2. The minimum Gasteiger partial charge on any atom is -0.497 e. The molecule has 47 heavy (non-hydrogen) atoms. The van der Waals surface area contributed by atoms with Crippen molar-refractivity contribution in [1.29, 1.82) is 0 Å². The van der Waals surface area contributed by atoms with Crippen molar-refractivity contribution in [3.05, 3.63) is 124 Å². The first-order valence-corrected chi connectivity index (χ1v) is 17.4. The van der Waals surface area contributed by atoms with E-state index in [4.69, 9.17) is 27.9 Å². The number of nitrogens with one attached hydrogen (secondary N) is 1. The molecule has 4 aromatic carbocycles. The second-order valence-electron chi connectivity index (χ2n) is 11.6. The predicted molar refractivity (Wildman–Crippen MR) is 187 cm³/mol. The van der Waals surface area contributed by atoms with Crippen molar-refractivity contribution in [1.82, 2.24) is 10.2 Å². The van der Waals surface area contributed by atoms with Crippen LogP contribution in [0.1, 0.15) is 30.5 Å². The van der Waals surface area contributed by atoms with E-state index in [-0.39, 0.29) is 35.4 Å². The number of rotatable bonds is 14. The summed E-state index contributed by atoms with van der Waals surface area (Å²) in [6.45, 7) is 5.43. The lowest BCUT2D eigenvalue weighted by molar-refractivity contribution is -0.140. The number of nitrogens with zero attached hydrogens (tertiary/aromatic N) is 2. The van der Waals surface area contributed by atoms with Gasteiger partial charge in [0, 0.05) is 41.2 Å². The van der Waals surface area contributed by atoms with Crippen LogP contribution in [-0.2, 0) is 32.6 Å². The van der Waals surface area contributed by atoms with Gasteiger partial charge in [-0.25, -0.2) is 8.42 Å². The molecule has 0 aromatic heterocycles. The molecule has 11 heteroatoms. The van der Waals surface area contributed by atoms with Crippen molar-refractivity contribution in [2.45, 2.75) is 44.7 Å². The standard InChI is InChI=1S/C36H39Cl2N3O5S/c1-25(2)22-39-36(43)34(20-27-10-6-5-7-11-27)40(23-31-32(37)14-9-15-33(31)38)35(42)24-41(28-12-8-13-29(21-28)46-4)47(44,45)30-18-16-26(3)17-19-30/h5-19,21,25,34H,20,22-24H2,1-4H3,(H,39,43)/t34-/m0/s1. The van der Waals surface area contributed by atoms with Gasteiger partial charge in [0.15, 0.2) is 0 Å². The number of sulfonamides is 1. The fourth-order valence-corrected chi connectivity index (χ4v) is 6.89. The summed E-state index contributed by atoms with van der Waals surface area (Å²) in [5.41, 5.74) is 2.36. The first kappa shape index (κ1) is 35.8. The summed E-state index contributed by atoms with van der Waals surface area (Å²) in [5.74, 6) is -0.441. The average molecular weight is 697 g/mol. The summed E-state index contributed by atoms with van der Waals surface area (Å²) < 4.78 is 34.9. The van der Waals surface area contributed by atoms with Gasteiger partial charge in [-0.15, -0.1) is 0 Å². The minimum absolute atomic E-state index is 0.00919. The molecule has 4 rings (SSSR count). The highest BCUT2D eigenvalue weighted by atomic mass is 35.5. The van der Waals surface area contributed by atoms with Crippen molar-refractivity contribution >= 4 is 50.7 Å². The molecule has 0 spiro atoms. The fraction of sp³-hybridized carbons (Fsp3) is 0.278. The third kappa shape index (κ3) is 9.28. The van der Waals surface area contributed by atoms with Gasteiger partial charge in [-0.2, -0.15) is 0 Å². The molecule has 0 aliphatic rings. The third-order valence-electron chi connectivity index (χ3n) is 7.57. The van der Waals surface area contributed by atoms with E-state index < -0.39 is 28.5 Å². The molecule has 4 aromatic rings. The van der Waals surface area contributed by atoms with Gasteiger partial charge in [0.1, 0.15) is 18.3 Å². The number of carbonyl (C=O) groups is 2. The van der Waals surface area contributed by atoms with Gasteiger partial charge in [0.05, 0.1) is 17.7 Å². The summed E-state index contributed by atoms with van der Waals surface area (Å²) in [4.78, 5) is 29.9. The molecular weight excluding hydrogens is 657 g/mol. The molecule has 0 fully saturated rings. The smallest absolute Gasteiger partial charge is 0.264 e. The maximum atomic E-state index is 14.6. The van der Waals surface area contributed by atoms with E-state index in [9.17, 15) is 18.0 Å². The zero-order chi connectivity index (χ0) is 34.1. The molecule has 0 radical (unpaired) electrons. The number of carbonyl (C=O) groups excluding carboxylic acids is 2. The van der Waals surface area contributed by atoms with E-state index >= 15 is 0 Å². The Bertz CT molecular complexity index is 1760. The predicted octanol–water partition coefficient (Wildman–Crippen LogP) is 6.92. The van der Waals surface area contributed by atoms with Gasteiger partial charge in [-0.05, 0) is 54.8 Å². The molecule has 0 unspecified atom stereocenters. The van der Waals surface area contributed by atoms with Gasteiger partial charge in [-0.1, -0.05) is 97.2 Å². The molecule has 0 heterocycles. The molecule has 0 aliphatic heterocycles. The number of halogens is 2. The highest BCUT2D eigenvalue weighted by Gasteiger charge is 2.35. The third-order valence-corrected chi connectivity index (χ3v) is 10.1. The van der Waals surface area contributed by atoms with Crippen LogP contribution in [0.3, 0.4) is 0 Å². The van der Waals surface area contributed by atoms with Crippen molar-refractivity contribution in [2.24, 2.45) is 5.92 Å². The number of hydrogen-bond donors (Lipinski definition) is 1. The first-order chi connectivity index (χ1) is 22.4. The van der Waals surface area contributed by atoms with E-state index in [1.54, 1.807) is 54.6 Å². The zero-order valence-electron chi connectivity index (χ0n) is 26.8. The normalized spacial score (nSPS) is 12.0. The Morgan fingerprint density at radius 3 is 2.13 bits per heavy atom. The van der Waals surface area contributed by atoms with Crippen molar-refractivity contribution in [2.75, 3.05) is 24.5 Å². The van der Waals surface area contributed by atoms with Crippen LogP contribution in [0.4, 0.5) is 5.69 Å². The van der Waals surface area contributed by atoms with E-state index in [0.29, 0.717) is 27.9 Å². The zero-order valence-corrected chi connectivity index (χ0v) is 29.1. The highest BCUT2D eigenvalue weighted by Crippen LogP contribution is 2.30. The Kier molecular flexibility index (Phi) is 12.3. The van der Waals surface area contributed by atoms with E-state index in [2.05, 4.69) is 5.32 Å². The van der Waals surface area contributed by atoms with Crippen LogP contribution in [-0.4, -0.2) is 51.4 Å². The van der Waals surface area contributed by atoms with E-state index in [1.807, 2.05) is 51.1 Å². The summed E-state index contributed by atoms with van der Waals surface area (Å²) in [7, 11) is -2.79. The molecule has 248 valence electrons. The monoisotopic (exact) mass is 695 g/mol. The van der Waals surface area contributed by atoms with Crippen LogP contribution in [0, 0.1) is 12.8 Å². The van der Waals surface area contributed by atoms with Crippen LogP contribution < -0.4 is 14.4 Å². The molecule has 0 bridgehead atoms. The Morgan fingerprint density at radius 1 is 0.872 bits per heavy atom. The Labute approximate surface area is 287 Å². The largest absolute Gasteiger partial charge is 0.497 e. The molecule has 2 amide bonds. The van der Waals surface area contributed by atoms with Crippen LogP contribution >= 0.6 is 23.2 Å². The molecular formula is C36H39Cl2N3O5S. The molecule has 0 saturated carbocycles. The number of benzene rings is 4. The Morgan fingerprint density at radius 2 is 1.51 bits per heavy atom. The first-order valence-electron chi connectivity index (χ1n) is 15.2. The Hall–Kier alpha value is -4.05. The number of hydrogen-bond acceptors (Lipinski definition) is 5. The molecule has 0 saturated heterocycles. The van der Waals surface area contributed by atoms with Crippen LogP contribution in [0.2, 0.25) is 10.0 Å². The SMILES string of the molecule is COc1cccc(N(CC(=O)N(Cc2c(Cl)cccc2Cl)[C@@H](Cc2ccccc2)C(=O)NCC(C)C)S(=O)(=O)c2ccc(C)cc2)c1. The number of anilines is 1. The van der Waals surface area contributed by atoms with Crippen molar-refractivity contribution < 1.29 is 22.7 Å². The van der Waals surface area contributed by atoms with Gasteiger partial charge in [0.2, 0.25) is 11.8 Å². The number of aryl methyl sites for hydroxylation is 1. The lowest BCUT2D eigenvalue weighted by Crippen LogP contribution is -2.53. The second kappa shape index (κ2) is 16.2. The average Bonchev–Trinajstić information content (AvgIpc) is 3.05. The highest BCUT2D eigenvalue weighted by molar-refractivity contribution is 7.92. The van der Waals surface area contributed by atoms with Gasteiger partial charge >= 0.3 is 0 Å². The van der Waals surface area contributed by atoms with Gasteiger partial charge < -0.3 is 15.0 Å². The summed E-state index contributed by atoms with van der Waals surface area (Å²) in [6, 6.07) is 26.2. The molecule has 1 N–H and O–H groups in total. The lowest BCUT2D eigenvalue weighted by atomic mass is 10.0. The quantitative estimate of drug-likeness (QED) is 0.155. The van der Waals surface area contributed by atoms with Gasteiger partial charge in [-0.3, -0.25) is 13.9 Å².